The maximum Gasteiger partial charge on any atom is 0.132 e. The van der Waals surface area contributed by atoms with Crippen LogP contribution < -0.4 is 4.74 Å². The largest absolute Gasteiger partial charge is 0.496 e. The molecule has 0 heterocycles. The van der Waals surface area contributed by atoms with E-state index in [0.717, 1.165) is 11.7 Å². The van der Waals surface area contributed by atoms with Crippen LogP contribution in [0.2, 0.25) is 0 Å². The first kappa shape index (κ1) is 8.35. The summed E-state index contributed by atoms with van der Waals surface area (Å²) in [6.45, 7) is 0. The van der Waals surface area contributed by atoms with Gasteiger partial charge < -0.3 is 4.74 Å². The highest BCUT2D eigenvalue weighted by atomic mass is 127. The van der Waals surface area contributed by atoms with Crippen molar-refractivity contribution in [2.45, 2.75) is 18.8 Å². The van der Waals surface area contributed by atoms with E-state index in [4.69, 9.17) is 4.74 Å². The molecule has 0 aromatic heterocycles. The number of methoxy groups -OCH3 is 1. The van der Waals surface area contributed by atoms with Crippen LogP contribution in [-0.2, 0) is 0 Å². The molecule has 1 aliphatic rings. The van der Waals surface area contributed by atoms with Gasteiger partial charge in [0.1, 0.15) is 5.75 Å². The standard InChI is InChI=1S/C10H11IO/c1-12-10-6-8(7-2-3-7)4-5-9(10)11/h4-7H,2-3H2,1H3. The Morgan fingerprint density at radius 3 is 2.75 bits per heavy atom. The van der Waals surface area contributed by atoms with Crippen LogP contribution in [0.15, 0.2) is 18.2 Å². The van der Waals surface area contributed by atoms with Gasteiger partial charge in [-0.2, -0.15) is 0 Å². The topological polar surface area (TPSA) is 9.23 Å². The lowest BCUT2D eigenvalue weighted by molar-refractivity contribution is 0.411. The minimum atomic E-state index is 0.816. The second-order valence-corrected chi connectivity index (χ2v) is 4.33. The lowest BCUT2D eigenvalue weighted by Crippen LogP contribution is -1.88. The highest BCUT2D eigenvalue weighted by Gasteiger charge is 2.23. The predicted molar refractivity (Wildman–Crippen MR) is 57.7 cm³/mol. The van der Waals surface area contributed by atoms with Crippen LogP contribution in [0.3, 0.4) is 0 Å². The SMILES string of the molecule is COc1cc(C2CC2)ccc1I. The molecule has 1 aromatic rings. The zero-order valence-electron chi connectivity index (χ0n) is 7.01. The summed E-state index contributed by atoms with van der Waals surface area (Å²) < 4.78 is 6.45. The Morgan fingerprint density at radius 1 is 1.42 bits per heavy atom. The smallest absolute Gasteiger partial charge is 0.132 e. The third-order valence-electron chi connectivity index (χ3n) is 2.22. The van der Waals surface area contributed by atoms with Gasteiger partial charge in [0.2, 0.25) is 0 Å². The minimum Gasteiger partial charge on any atom is -0.496 e. The van der Waals surface area contributed by atoms with E-state index in [1.54, 1.807) is 7.11 Å². The predicted octanol–water partition coefficient (Wildman–Crippen LogP) is 3.18. The molecular weight excluding hydrogens is 263 g/mol. The van der Waals surface area contributed by atoms with E-state index in [9.17, 15) is 0 Å². The quantitative estimate of drug-likeness (QED) is 0.753. The number of ether oxygens (including phenoxy) is 1. The van der Waals surface area contributed by atoms with Crippen LogP contribution in [0, 0.1) is 3.57 Å². The minimum absolute atomic E-state index is 0.816. The third-order valence-corrected chi connectivity index (χ3v) is 3.12. The van der Waals surface area contributed by atoms with E-state index in [2.05, 4.69) is 40.8 Å². The van der Waals surface area contributed by atoms with Gasteiger partial charge in [0.05, 0.1) is 10.7 Å². The van der Waals surface area contributed by atoms with Gasteiger partial charge in [-0.05, 0) is 59.0 Å². The second kappa shape index (κ2) is 3.24. The maximum absolute atomic E-state index is 5.26. The summed E-state index contributed by atoms with van der Waals surface area (Å²) in [5.74, 6) is 1.83. The zero-order valence-corrected chi connectivity index (χ0v) is 9.17. The molecule has 1 aromatic carbocycles. The highest BCUT2D eigenvalue weighted by molar-refractivity contribution is 14.1. The number of benzene rings is 1. The number of hydrogen-bond acceptors (Lipinski definition) is 1. The first-order valence-electron chi connectivity index (χ1n) is 4.14. The van der Waals surface area contributed by atoms with Crippen LogP contribution in [0.5, 0.6) is 5.75 Å². The van der Waals surface area contributed by atoms with Crippen LogP contribution in [0.25, 0.3) is 0 Å². The van der Waals surface area contributed by atoms with E-state index < -0.39 is 0 Å². The average molecular weight is 274 g/mol. The van der Waals surface area contributed by atoms with Crippen molar-refractivity contribution in [3.8, 4) is 5.75 Å². The van der Waals surface area contributed by atoms with Crippen LogP contribution >= 0.6 is 22.6 Å². The molecule has 1 saturated carbocycles. The van der Waals surface area contributed by atoms with Gasteiger partial charge >= 0.3 is 0 Å². The van der Waals surface area contributed by atoms with E-state index in [1.165, 1.54) is 22.0 Å². The Kier molecular flexibility index (Phi) is 2.26. The van der Waals surface area contributed by atoms with Gasteiger partial charge in [-0.1, -0.05) is 6.07 Å². The third kappa shape index (κ3) is 1.58. The first-order chi connectivity index (χ1) is 5.81. The fourth-order valence-electron chi connectivity index (χ4n) is 1.35. The summed E-state index contributed by atoms with van der Waals surface area (Å²) in [6.07, 6.45) is 2.70. The Morgan fingerprint density at radius 2 is 2.17 bits per heavy atom. The summed E-state index contributed by atoms with van der Waals surface area (Å²) in [5, 5.41) is 0. The molecule has 0 atom stereocenters. The van der Waals surface area contributed by atoms with Crippen molar-refractivity contribution >= 4 is 22.6 Å². The monoisotopic (exact) mass is 274 g/mol. The molecule has 0 aliphatic heterocycles. The molecule has 0 spiro atoms. The molecule has 0 unspecified atom stereocenters. The Balaban J connectivity index is 2.33. The van der Waals surface area contributed by atoms with Crippen molar-refractivity contribution in [3.63, 3.8) is 0 Å². The molecular formula is C10H11IO. The lowest BCUT2D eigenvalue weighted by Gasteiger charge is -2.05. The molecule has 0 amide bonds. The Labute approximate surface area is 86.3 Å². The van der Waals surface area contributed by atoms with Crippen LogP contribution in [0.1, 0.15) is 24.3 Å². The van der Waals surface area contributed by atoms with Crippen molar-refractivity contribution in [1.29, 1.82) is 0 Å². The van der Waals surface area contributed by atoms with Crippen LogP contribution in [-0.4, -0.2) is 7.11 Å². The van der Waals surface area contributed by atoms with Gasteiger partial charge in [0.15, 0.2) is 0 Å². The van der Waals surface area contributed by atoms with E-state index in [1.807, 2.05) is 0 Å². The van der Waals surface area contributed by atoms with E-state index >= 15 is 0 Å². The van der Waals surface area contributed by atoms with Crippen LogP contribution in [0.4, 0.5) is 0 Å². The fourth-order valence-corrected chi connectivity index (χ4v) is 1.90. The molecule has 2 heteroatoms. The fraction of sp³-hybridized carbons (Fsp3) is 0.400. The molecule has 2 rings (SSSR count). The number of halogens is 1. The van der Waals surface area contributed by atoms with E-state index in [-0.39, 0.29) is 0 Å². The summed E-state index contributed by atoms with van der Waals surface area (Å²) in [4.78, 5) is 0. The molecule has 64 valence electrons. The number of hydrogen-bond donors (Lipinski definition) is 0. The van der Waals surface area contributed by atoms with Gasteiger partial charge in [-0.15, -0.1) is 0 Å². The van der Waals surface area contributed by atoms with E-state index in [0.29, 0.717) is 0 Å². The molecule has 0 radical (unpaired) electrons. The molecule has 0 N–H and O–H groups in total. The summed E-state index contributed by atoms with van der Waals surface area (Å²) in [6, 6.07) is 6.51. The van der Waals surface area contributed by atoms with Gasteiger partial charge in [0.25, 0.3) is 0 Å². The summed E-state index contributed by atoms with van der Waals surface area (Å²) >= 11 is 2.30. The summed E-state index contributed by atoms with van der Waals surface area (Å²) in [7, 11) is 1.73. The molecule has 0 saturated heterocycles. The Hall–Kier alpha value is -0.250. The van der Waals surface area contributed by atoms with Gasteiger partial charge in [-0.3, -0.25) is 0 Å². The highest BCUT2D eigenvalue weighted by Crippen LogP contribution is 2.41. The van der Waals surface area contributed by atoms with Crippen molar-refractivity contribution in [1.82, 2.24) is 0 Å². The molecule has 1 nitrogen and oxygen atoms in total. The Bertz CT molecular complexity index is 292. The van der Waals surface area contributed by atoms with Crippen molar-refractivity contribution < 1.29 is 4.74 Å². The molecule has 1 fully saturated rings. The van der Waals surface area contributed by atoms with Crippen molar-refractivity contribution in [2.24, 2.45) is 0 Å². The normalized spacial score (nSPS) is 16.2. The average Bonchev–Trinajstić information content (AvgIpc) is 2.88. The molecule has 1 aliphatic carbocycles. The molecule has 12 heavy (non-hydrogen) atoms. The lowest BCUT2D eigenvalue weighted by atomic mass is 10.1. The van der Waals surface area contributed by atoms with Gasteiger partial charge in [-0.25, -0.2) is 0 Å². The van der Waals surface area contributed by atoms with Gasteiger partial charge in [0, 0.05) is 0 Å². The number of rotatable bonds is 2. The molecule has 0 bridgehead atoms. The second-order valence-electron chi connectivity index (χ2n) is 3.17. The first-order valence-corrected chi connectivity index (χ1v) is 5.22. The van der Waals surface area contributed by atoms with Crippen molar-refractivity contribution in [3.05, 3.63) is 27.3 Å². The zero-order chi connectivity index (χ0) is 8.55. The summed E-state index contributed by atoms with van der Waals surface area (Å²) in [5.41, 5.74) is 1.44. The van der Waals surface area contributed by atoms with Crippen molar-refractivity contribution in [2.75, 3.05) is 7.11 Å². The maximum atomic E-state index is 5.26.